The molecule has 0 bridgehead atoms. The van der Waals surface area contributed by atoms with Gasteiger partial charge in [0.2, 0.25) is 0 Å². The summed E-state index contributed by atoms with van der Waals surface area (Å²) >= 11 is 0. The van der Waals surface area contributed by atoms with Crippen molar-refractivity contribution in [3.8, 4) is 0 Å². The first-order valence-electron chi connectivity index (χ1n) is 4.94. The highest BCUT2D eigenvalue weighted by molar-refractivity contribution is 5.16. The van der Waals surface area contributed by atoms with Gasteiger partial charge in [-0.05, 0) is 30.0 Å². The van der Waals surface area contributed by atoms with Gasteiger partial charge in [0, 0.05) is 25.9 Å². The smallest absolute Gasteiger partial charge is 0.157 e. The fourth-order valence-corrected chi connectivity index (χ4v) is 1.86. The van der Waals surface area contributed by atoms with Crippen LogP contribution in [0, 0.1) is 0 Å². The Morgan fingerprint density at radius 3 is 2.93 bits per heavy atom. The molecule has 2 heterocycles. The molecule has 1 saturated heterocycles. The van der Waals surface area contributed by atoms with Crippen molar-refractivity contribution in [2.75, 3.05) is 13.7 Å². The van der Waals surface area contributed by atoms with Crippen LogP contribution in [-0.4, -0.2) is 25.0 Å². The fourth-order valence-electron chi connectivity index (χ4n) is 1.86. The van der Waals surface area contributed by atoms with E-state index in [1.54, 1.807) is 7.11 Å². The average molecular weight is 193 g/mol. The molecule has 1 aromatic rings. The minimum Gasteiger partial charge on any atom is -0.356 e. The van der Waals surface area contributed by atoms with E-state index < -0.39 is 0 Å². The molecule has 0 aromatic carbocycles. The molecule has 1 fully saturated rings. The summed E-state index contributed by atoms with van der Waals surface area (Å²) in [6.07, 6.45) is 5.66. The Morgan fingerprint density at radius 2 is 2.21 bits per heavy atom. The third-order valence-corrected chi connectivity index (χ3v) is 2.69. The van der Waals surface area contributed by atoms with E-state index in [1.807, 2.05) is 12.4 Å². The van der Waals surface area contributed by atoms with E-state index in [0.29, 0.717) is 5.92 Å². The van der Waals surface area contributed by atoms with Crippen molar-refractivity contribution in [1.82, 2.24) is 4.98 Å². The molecule has 1 aliphatic rings. The van der Waals surface area contributed by atoms with Crippen molar-refractivity contribution >= 4 is 0 Å². The maximum atomic E-state index is 5.44. The molecule has 0 saturated carbocycles. The zero-order valence-corrected chi connectivity index (χ0v) is 8.35. The second-order valence-corrected chi connectivity index (χ2v) is 3.54. The van der Waals surface area contributed by atoms with Crippen molar-refractivity contribution in [2.45, 2.75) is 25.0 Å². The number of ether oxygens (including phenoxy) is 2. The Labute approximate surface area is 84.1 Å². The number of hydrogen-bond donors (Lipinski definition) is 0. The molecule has 1 aliphatic heterocycles. The van der Waals surface area contributed by atoms with Gasteiger partial charge in [-0.25, -0.2) is 0 Å². The van der Waals surface area contributed by atoms with Gasteiger partial charge < -0.3 is 9.47 Å². The van der Waals surface area contributed by atoms with E-state index in [1.165, 1.54) is 5.56 Å². The molecule has 0 aliphatic carbocycles. The van der Waals surface area contributed by atoms with E-state index in [-0.39, 0.29) is 6.29 Å². The molecule has 76 valence electrons. The van der Waals surface area contributed by atoms with E-state index in [0.717, 1.165) is 19.4 Å². The van der Waals surface area contributed by atoms with Gasteiger partial charge in [0.1, 0.15) is 0 Å². The van der Waals surface area contributed by atoms with E-state index in [4.69, 9.17) is 9.47 Å². The lowest BCUT2D eigenvalue weighted by atomic mass is 9.92. The lowest BCUT2D eigenvalue weighted by Gasteiger charge is -2.28. The molecule has 0 spiro atoms. The SMILES string of the molecule is COC1CC(c2ccncc2)CCO1. The van der Waals surface area contributed by atoms with Crippen molar-refractivity contribution in [1.29, 1.82) is 0 Å². The van der Waals surface area contributed by atoms with Crippen molar-refractivity contribution in [3.63, 3.8) is 0 Å². The van der Waals surface area contributed by atoms with E-state index >= 15 is 0 Å². The molecule has 0 amide bonds. The predicted octanol–water partition coefficient (Wildman–Crippen LogP) is 1.95. The summed E-state index contributed by atoms with van der Waals surface area (Å²) in [5, 5.41) is 0. The number of pyridine rings is 1. The van der Waals surface area contributed by atoms with Gasteiger partial charge >= 0.3 is 0 Å². The summed E-state index contributed by atoms with van der Waals surface area (Å²) in [6.45, 7) is 0.783. The van der Waals surface area contributed by atoms with Crippen LogP contribution < -0.4 is 0 Å². The van der Waals surface area contributed by atoms with Gasteiger partial charge in [0.25, 0.3) is 0 Å². The second kappa shape index (κ2) is 4.53. The molecule has 0 radical (unpaired) electrons. The highest BCUT2D eigenvalue weighted by Gasteiger charge is 2.23. The van der Waals surface area contributed by atoms with E-state index in [2.05, 4.69) is 17.1 Å². The molecule has 3 nitrogen and oxygen atoms in total. The third kappa shape index (κ3) is 2.11. The Bertz CT molecular complexity index is 276. The summed E-state index contributed by atoms with van der Waals surface area (Å²) in [5.74, 6) is 0.552. The molecule has 1 aromatic heterocycles. The van der Waals surface area contributed by atoms with Crippen LogP contribution in [0.25, 0.3) is 0 Å². The van der Waals surface area contributed by atoms with Crippen LogP contribution in [0.3, 0.4) is 0 Å². The van der Waals surface area contributed by atoms with Crippen LogP contribution in [0.4, 0.5) is 0 Å². The van der Waals surface area contributed by atoms with Crippen molar-refractivity contribution in [3.05, 3.63) is 30.1 Å². The van der Waals surface area contributed by atoms with Crippen LogP contribution in [0.1, 0.15) is 24.3 Å². The Balaban J connectivity index is 2.04. The normalized spacial score (nSPS) is 27.5. The average Bonchev–Trinajstić information content (AvgIpc) is 2.30. The summed E-state index contributed by atoms with van der Waals surface area (Å²) in [4.78, 5) is 4.02. The first kappa shape index (κ1) is 9.62. The summed E-state index contributed by atoms with van der Waals surface area (Å²) in [6, 6.07) is 4.14. The molecule has 2 unspecified atom stereocenters. The zero-order chi connectivity index (χ0) is 9.80. The van der Waals surface area contributed by atoms with Crippen LogP contribution in [0.15, 0.2) is 24.5 Å². The highest BCUT2D eigenvalue weighted by atomic mass is 16.7. The van der Waals surface area contributed by atoms with Gasteiger partial charge in [0.05, 0.1) is 6.61 Å². The van der Waals surface area contributed by atoms with Crippen LogP contribution in [-0.2, 0) is 9.47 Å². The van der Waals surface area contributed by atoms with Gasteiger partial charge in [-0.15, -0.1) is 0 Å². The lowest BCUT2D eigenvalue weighted by Crippen LogP contribution is -2.25. The minimum absolute atomic E-state index is 0.0399. The van der Waals surface area contributed by atoms with Crippen molar-refractivity contribution in [2.24, 2.45) is 0 Å². The maximum absolute atomic E-state index is 5.44. The molecular formula is C11H15NO2. The zero-order valence-electron chi connectivity index (χ0n) is 8.35. The fraction of sp³-hybridized carbons (Fsp3) is 0.545. The lowest BCUT2D eigenvalue weighted by molar-refractivity contribution is -0.150. The molecule has 14 heavy (non-hydrogen) atoms. The highest BCUT2D eigenvalue weighted by Crippen LogP contribution is 2.29. The molecule has 3 heteroatoms. The van der Waals surface area contributed by atoms with Crippen LogP contribution in [0.5, 0.6) is 0 Å². The third-order valence-electron chi connectivity index (χ3n) is 2.69. The Morgan fingerprint density at radius 1 is 1.43 bits per heavy atom. The summed E-state index contributed by atoms with van der Waals surface area (Å²) in [7, 11) is 1.69. The summed E-state index contributed by atoms with van der Waals surface area (Å²) in [5.41, 5.74) is 1.34. The number of nitrogens with zero attached hydrogens (tertiary/aromatic N) is 1. The summed E-state index contributed by atoms with van der Waals surface area (Å²) < 4.78 is 10.6. The topological polar surface area (TPSA) is 31.4 Å². The monoisotopic (exact) mass is 193 g/mol. The molecule has 2 atom stereocenters. The maximum Gasteiger partial charge on any atom is 0.157 e. The number of aromatic nitrogens is 1. The molecular weight excluding hydrogens is 178 g/mol. The Hall–Kier alpha value is -0.930. The van der Waals surface area contributed by atoms with Gasteiger partial charge in [0.15, 0.2) is 6.29 Å². The predicted molar refractivity (Wildman–Crippen MR) is 53.0 cm³/mol. The van der Waals surface area contributed by atoms with Gasteiger partial charge in [-0.3, -0.25) is 4.98 Å². The number of rotatable bonds is 2. The number of hydrogen-bond acceptors (Lipinski definition) is 3. The standard InChI is InChI=1S/C11H15NO2/c1-13-11-8-10(4-7-14-11)9-2-5-12-6-3-9/h2-3,5-6,10-11H,4,7-8H2,1H3. The minimum atomic E-state index is -0.0399. The van der Waals surface area contributed by atoms with E-state index in [9.17, 15) is 0 Å². The van der Waals surface area contributed by atoms with Crippen LogP contribution in [0.2, 0.25) is 0 Å². The largest absolute Gasteiger partial charge is 0.356 e. The first-order chi connectivity index (χ1) is 6.90. The molecule has 0 N–H and O–H groups in total. The second-order valence-electron chi connectivity index (χ2n) is 3.54. The van der Waals surface area contributed by atoms with Crippen LogP contribution >= 0.6 is 0 Å². The van der Waals surface area contributed by atoms with Gasteiger partial charge in [-0.2, -0.15) is 0 Å². The van der Waals surface area contributed by atoms with Gasteiger partial charge in [-0.1, -0.05) is 0 Å². The number of methoxy groups -OCH3 is 1. The first-order valence-corrected chi connectivity index (χ1v) is 4.94. The quantitative estimate of drug-likeness (QED) is 0.719. The Kier molecular flexibility index (Phi) is 3.11. The van der Waals surface area contributed by atoms with Crippen molar-refractivity contribution < 1.29 is 9.47 Å². The molecule has 2 rings (SSSR count).